The van der Waals surface area contributed by atoms with Gasteiger partial charge in [-0.15, -0.1) is 11.8 Å². The first-order valence-electron chi connectivity index (χ1n) is 5.79. The molecule has 21 heavy (non-hydrogen) atoms. The molecule has 0 saturated carbocycles. The Kier molecular flexibility index (Phi) is 5.14. The van der Waals surface area contributed by atoms with Gasteiger partial charge < -0.3 is 5.32 Å². The number of hydrogen-bond acceptors (Lipinski definition) is 2. The first kappa shape index (κ1) is 15.7. The minimum atomic E-state index is -0.985. The number of carbonyl (C=O) groups is 1. The smallest absolute Gasteiger partial charge is 0.234 e. The summed E-state index contributed by atoms with van der Waals surface area (Å²) in [5, 5.41) is 2.26. The molecule has 0 saturated heterocycles. The molecule has 2 rings (SSSR count). The molecule has 2 nitrogen and oxygen atoms in total. The third-order valence-corrected chi connectivity index (χ3v) is 3.77. The molecule has 2 aromatic rings. The van der Waals surface area contributed by atoms with E-state index in [4.69, 9.17) is 11.6 Å². The Morgan fingerprint density at radius 3 is 2.62 bits per heavy atom. The summed E-state index contributed by atoms with van der Waals surface area (Å²) in [6.07, 6.45) is 0. The maximum absolute atomic E-state index is 13.6. The van der Waals surface area contributed by atoms with Crippen LogP contribution in [-0.2, 0) is 4.79 Å². The Bertz CT molecular complexity index is 681. The number of carbonyl (C=O) groups excluding carboxylic acids is 1. The second kappa shape index (κ2) is 6.87. The maximum atomic E-state index is 13.6. The van der Waals surface area contributed by atoms with E-state index in [9.17, 15) is 18.0 Å². The van der Waals surface area contributed by atoms with Crippen molar-refractivity contribution in [2.24, 2.45) is 0 Å². The zero-order chi connectivity index (χ0) is 15.4. The molecule has 0 aromatic heterocycles. The third-order valence-electron chi connectivity index (χ3n) is 2.49. The molecule has 0 atom stereocenters. The van der Waals surface area contributed by atoms with Gasteiger partial charge in [0.2, 0.25) is 5.91 Å². The summed E-state index contributed by atoms with van der Waals surface area (Å²) in [6.45, 7) is 0. The van der Waals surface area contributed by atoms with E-state index in [1.165, 1.54) is 24.3 Å². The van der Waals surface area contributed by atoms with Crippen LogP contribution in [-0.4, -0.2) is 11.7 Å². The predicted octanol–water partition coefficient (Wildman–Crippen LogP) is 4.49. The van der Waals surface area contributed by atoms with E-state index in [-0.39, 0.29) is 16.5 Å². The second-order valence-corrected chi connectivity index (χ2v) is 5.47. The van der Waals surface area contributed by atoms with Gasteiger partial charge >= 0.3 is 0 Å². The molecular weight excluding hydrogens is 323 g/mol. The van der Waals surface area contributed by atoms with E-state index in [0.717, 1.165) is 23.9 Å². The van der Waals surface area contributed by atoms with Crippen molar-refractivity contribution in [3.8, 4) is 0 Å². The lowest BCUT2D eigenvalue weighted by molar-refractivity contribution is -0.113. The van der Waals surface area contributed by atoms with Crippen molar-refractivity contribution < 1.29 is 18.0 Å². The normalized spacial score (nSPS) is 10.5. The van der Waals surface area contributed by atoms with Crippen LogP contribution < -0.4 is 5.32 Å². The molecule has 7 heteroatoms. The summed E-state index contributed by atoms with van der Waals surface area (Å²) >= 11 is 6.60. The molecule has 0 fully saturated rings. The Morgan fingerprint density at radius 1 is 1.14 bits per heavy atom. The highest BCUT2D eigenvalue weighted by Gasteiger charge is 2.10. The van der Waals surface area contributed by atoms with Crippen molar-refractivity contribution in [2.75, 3.05) is 11.1 Å². The molecule has 2 aromatic carbocycles. The van der Waals surface area contributed by atoms with Gasteiger partial charge in [-0.3, -0.25) is 4.79 Å². The molecule has 110 valence electrons. The van der Waals surface area contributed by atoms with Crippen LogP contribution in [0, 0.1) is 17.5 Å². The van der Waals surface area contributed by atoms with Gasteiger partial charge in [-0.25, -0.2) is 13.2 Å². The number of thioether (sulfide) groups is 1. The standard InChI is InChI=1S/C14H9ClF3NOS/c15-9-2-1-3-12(14(9)18)19-13(20)7-21-8-4-5-10(16)11(17)6-8/h1-6H,7H2,(H,19,20). The number of anilines is 1. The van der Waals surface area contributed by atoms with Gasteiger partial charge in [-0.2, -0.15) is 0 Å². The minimum Gasteiger partial charge on any atom is -0.323 e. The monoisotopic (exact) mass is 331 g/mol. The van der Waals surface area contributed by atoms with Crippen LogP contribution >= 0.6 is 23.4 Å². The fourth-order valence-corrected chi connectivity index (χ4v) is 2.40. The number of nitrogens with one attached hydrogen (secondary N) is 1. The predicted molar refractivity (Wildman–Crippen MR) is 77.1 cm³/mol. The molecular formula is C14H9ClF3NOS. The van der Waals surface area contributed by atoms with Gasteiger partial charge in [0.15, 0.2) is 17.5 Å². The highest BCUT2D eigenvalue weighted by molar-refractivity contribution is 8.00. The lowest BCUT2D eigenvalue weighted by atomic mass is 10.3. The summed E-state index contributed by atoms with van der Waals surface area (Å²) < 4.78 is 39.3. The topological polar surface area (TPSA) is 29.1 Å². The van der Waals surface area contributed by atoms with Gasteiger partial charge in [0.1, 0.15) is 0 Å². The molecule has 1 amide bonds. The van der Waals surface area contributed by atoms with Gasteiger partial charge in [-0.1, -0.05) is 17.7 Å². The van der Waals surface area contributed by atoms with Crippen LogP contribution in [0.25, 0.3) is 0 Å². The summed E-state index contributed by atoms with van der Waals surface area (Å²) in [4.78, 5) is 12.1. The molecule has 0 aliphatic carbocycles. The molecule has 0 unspecified atom stereocenters. The molecule has 0 aliphatic heterocycles. The molecule has 0 spiro atoms. The lowest BCUT2D eigenvalue weighted by Crippen LogP contribution is -2.15. The summed E-state index contributed by atoms with van der Waals surface area (Å²) in [5.41, 5.74) is -0.0293. The Balaban J connectivity index is 1.96. The average molecular weight is 332 g/mol. The molecule has 0 bridgehead atoms. The van der Waals surface area contributed by atoms with Gasteiger partial charge in [-0.05, 0) is 30.3 Å². The summed E-state index contributed by atoms with van der Waals surface area (Å²) in [5.74, 6) is -3.21. The average Bonchev–Trinajstić information content (AvgIpc) is 2.45. The third kappa shape index (κ3) is 4.15. The highest BCUT2D eigenvalue weighted by atomic mass is 35.5. The van der Waals surface area contributed by atoms with E-state index < -0.39 is 23.4 Å². The zero-order valence-corrected chi connectivity index (χ0v) is 12.1. The van der Waals surface area contributed by atoms with E-state index in [0.29, 0.717) is 4.90 Å². The summed E-state index contributed by atoms with van der Waals surface area (Å²) in [7, 11) is 0. The lowest BCUT2D eigenvalue weighted by Gasteiger charge is -2.07. The Morgan fingerprint density at radius 2 is 1.90 bits per heavy atom. The zero-order valence-electron chi connectivity index (χ0n) is 10.5. The molecule has 0 radical (unpaired) electrons. The van der Waals surface area contributed by atoms with Crippen LogP contribution in [0.4, 0.5) is 18.9 Å². The molecule has 0 heterocycles. The van der Waals surface area contributed by atoms with Crippen molar-refractivity contribution in [1.29, 1.82) is 0 Å². The van der Waals surface area contributed by atoms with Crippen LogP contribution in [0.15, 0.2) is 41.3 Å². The second-order valence-electron chi connectivity index (χ2n) is 4.01. The van der Waals surface area contributed by atoms with Crippen molar-refractivity contribution in [3.63, 3.8) is 0 Å². The van der Waals surface area contributed by atoms with Crippen LogP contribution in [0.1, 0.15) is 0 Å². The minimum absolute atomic E-state index is 0.0293. The van der Waals surface area contributed by atoms with Crippen molar-refractivity contribution in [1.82, 2.24) is 0 Å². The quantitative estimate of drug-likeness (QED) is 0.836. The number of hydrogen-bond donors (Lipinski definition) is 1. The number of amides is 1. The van der Waals surface area contributed by atoms with E-state index >= 15 is 0 Å². The van der Waals surface area contributed by atoms with Crippen LogP contribution in [0.2, 0.25) is 5.02 Å². The number of rotatable bonds is 4. The van der Waals surface area contributed by atoms with Gasteiger partial charge in [0, 0.05) is 4.90 Å². The maximum Gasteiger partial charge on any atom is 0.234 e. The Hall–Kier alpha value is -1.66. The highest BCUT2D eigenvalue weighted by Crippen LogP contribution is 2.23. The fraction of sp³-hybridized carbons (Fsp3) is 0.0714. The first-order valence-corrected chi connectivity index (χ1v) is 7.15. The van der Waals surface area contributed by atoms with E-state index in [1.54, 1.807) is 0 Å². The van der Waals surface area contributed by atoms with Crippen LogP contribution in [0.5, 0.6) is 0 Å². The number of halogens is 4. The molecule has 0 aliphatic rings. The number of benzene rings is 2. The SMILES string of the molecule is O=C(CSc1ccc(F)c(F)c1)Nc1cccc(Cl)c1F. The van der Waals surface area contributed by atoms with Gasteiger partial charge in [0.05, 0.1) is 16.5 Å². The van der Waals surface area contributed by atoms with Crippen molar-refractivity contribution >= 4 is 35.0 Å². The van der Waals surface area contributed by atoms with Gasteiger partial charge in [0.25, 0.3) is 0 Å². The molecule has 1 N–H and O–H groups in total. The van der Waals surface area contributed by atoms with Crippen LogP contribution in [0.3, 0.4) is 0 Å². The van der Waals surface area contributed by atoms with Crippen molar-refractivity contribution in [3.05, 3.63) is 58.9 Å². The first-order chi connectivity index (χ1) is 9.97. The van der Waals surface area contributed by atoms with E-state index in [2.05, 4.69) is 5.32 Å². The van der Waals surface area contributed by atoms with Crippen molar-refractivity contribution in [2.45, 2.75) is 4.90 Å². The summed E-state index contributed by atoms with van der Waals surface area (Å²) in [6, 6.07) is 7.57. The Labute approximate surface area is 128 Å². The fourth-order valence-electron chi connectivity index (χ4n) is 1.50. The largest absolute Gasteiger partial charge is 0.323 e. The van der Waals surface area contributed by atoms with E-state index in [1.807, 2.05) is 0 Å².